The summed E-state index contributed by atoms with van der Waals surface area (Å²) in [7, 11) is 1.67. The average molecular weight is 328 g/mol. The van der Waals surface area contributed by atoms with Crippen LogP contribution in [-0.4, -0.2) is 13.7 Å². The summed E-state index contributed by atoms with van der Waals surface area (Å²) in [5.74, 6) is 1.55. The zero-order valence-electron chi connectivity index (χ0n) is 11.7. The van der Waals surface area contributed by atoms with Crippen molar-refractivity contribution in [3.8, 4) is 11.5 Å². The van der Waals surface area contributed by atoms with Crippen molar-refractivity contribution in [3.63, 3.8) is 0 Å². The minimum Gasteiger partial charge on any atom is -0.493 e. The lowest BCUT2D eigenvalue weighted by Crippen LogP contribution is -2.39. The highest BCUT2D eigenvalue weighted by Gasteiger charge is 2.35. The topological polar surface area (TPSA) is 44.5 Å². The van der Waals surface area contributed by atoms with Crippen molar-refractivity contribution < 1.29 is 9.47 Å². The van der Waals surface area contributed by atoms with Gasteiger partial charge in [-0.25, -0.2) is 0 Å². The summed E-state index contributed by atoms with van der Waals surface area (Å²) in [4.78, 5) is 0. The van der Waals surface area contributed by atoms with Crippen LogP contribution in [0.3, 0.4) is 0 Å². The van der Waals surface area contributed by atoms with Gasteiger partial charge in [0.2, 0.25) is 0 Å². The predicted octanol–water partition coefficient (Wildman–Crippen LogP) is 3.97. The number of rotatable bonds is 4. The summed E-state index contributed by atoms with van der Waals surface area (Å²) in [6.07, 6.45) is 5.61. The Balaban J connectivity index is 2.52. The fourth-order valence-corrected chi connectivity index (χ4v) is 3.59. The molecule has 2 N–H and O–H groups in total. The van der Waals surface area contributed by atoms with Crippen molar-refractivity contribution in [2.75, 3.05) is 13.7 Å². The molecule has 4 heteroatoms. The van der Waals surface area contributed by atoms with Crippen LogP contribution in [0.2, 0.25) is 0 Å². The first-order valence-electron chi connectivity index (χ1n) is 6.91. The summed E-state index contributed by atoms with van der Waals surface area (Å²) >= 11 is 3.64. The number of hydrogen-bond acceptors (Lipinski definition) is 3. The number of ether oxygens (including phenoxy) is 2. The highest BCUT2D eigenvalue weighted by molar-refractivity contribution is 9.10. The Labute approximate surface area is 123 Å². The third-order valence-electron chi connectivity index (χ3n) is 3.82. The molecule has 0 amide bonds. The summed E-state index contributed by atoms with van der Waals surface area (Å²) < 4.78 is 12.3. The van der Waals surface area contributed by atoms with E-state index in [2.05, 4.69) is 15.9 Å². The lowest BCUT2D eigenvalue weighted by atomic mass is 9.77. The molecule has 2 rings (SSSR count). The third kappa shape index (κ3) is 2.90. The van der Waals surface area contributed by atoms with E-state index in [1.54, 1.807) is 7.11 Å². The van der Waals surface area contributed by atoms with E-state index in [0.717, 1.165) is 34.4 Å². The Morgan fingerprint density at radius 2 is 1.95 bits per heavy atom. The molecule has 0 atom stereocenters. The zero-order chi connectivity index (χ0) is 13.9. The van der Waals surface area contributed by atoms with Gasteiger partial charge in [0.25, 0.3) is 0 Å². The molecule has 1 fully saturated rings. The van der Waals surface area contributed by atoms with Gasteiger partial charge in [-0.1, -0.05) is 35.2 Å². The van der Waals surface area contributed by atoms with E-state index in [1.807, 2.05) is 19.1 Å². The van der Waals surface area contributed by atoms with Gasteiger partial charge in [0, 0.05) is 15.6 Å². The van der Waals surface area contributed by atoms with Crippen LogP contribution in [0.5, 0.6) is 11.5 Å². The molecule has 0 aromatic heterocycles. The molecule has 0 heterocycles. The number of methoxy groups -OCH3 is 1. The summed E-state index contributed by atoms with van der Waals surface area (Å²) in [5.41, 5.74) is 7.42. The molecule has 19 heavy (non-hydrogen) atoms. The van der Waals surface area contributed by atoms with Crippen molar-refractivity contribution in [1.82, 2.24) is 0 Å². The van der Waals surface area contributed by atoms with Crippen LogP contribution in [0.25, 0.3) is 0 Å². The average Bonchev–Trinajstić information content (AvgIpc) is 2.40. The molecule has 1 saturated carbocycles. The maximum Gasteiger partial charge on any atom is 0.167 e. The normalized spacial score (nSPS) is 18.1. The van der Waals surface area contributed by atoms with Gasteiger partial charge in [-0.2, -0.15) is 0 Å². The van der Waals surface area contributed by atoms with E-state index in [1.165, 1.54) is 19.3 Å². The van der Waals surface area contributed by atoms with E-state index in [-0.39, 0.29) is 5.54 Å². The number of halogens is 1. The minimum absolute atomic E-state index is 0.309. The maximum absolute atomic E-state index is 6.67. The van der Waals surface area contributed by atoms with Crippen molar-refractivity contribution in [2.45, 2.75) is 44.6 Å². The van der Waals surface area contributed by atoms with Crippen LogP contribution >= 0.6 is 15.9 Å². The van der Waals surface area contributed by atoms with E-state index in [4.69, 9.17) is 15.2 Å². The molecule has 106 valence electrons. The minimum atomic E-state index is -0.309. The second-order valence-corrected chi connectivity index (χ2v) is 5.96. The van der Waals surface area contributed by atoms with Gasteiger partial charge >= 0.3 is 0 Å². The third-order valence-corrected chi connectivity index (χ3v) is 4.48. The Morgan fingerprint density at radius 3 is 2.53 bits per heavy atom. The standard InChI is InChI=1S/C15H22BrNO2/c1-3-19-14-12(18-2)8-7-11(16)13(14)15(17)9-5-4-6-10-15/h7-8H,3-6,9-10,17H2,1-2H3. The molecular formula is C15H22BrNO2. The van der Waals surface area contributed by atoms with Gasteiger partial charge in [0.05, 0.1) is 13.7 Å². The van der Waals surface area contributed by atoms with E-state index < -0.39 is 0 Å². The summed E-state index contributed by atoms with van der Waals surface area (Å²) in [5, 5.41) is 0. The molecule has 0 radical (unpaired) electrons. The van der Waals surface area contributed by atoms with Gasteiger partial charge in [-0.05, 0) is 31.9 Å². The fourth-order valence-electron chi connectivity index (χ4n) is 2.88. The van der Waals surface area contributed by atoms with Crippen LogP contribution in [0.15, 0.2) is 16.6 Å². The Hall–Kier alpha value is -0.740. The van der Waals surface area contributed by atoms with Crippen LogP contribution < -0.4 is 15.2 Å². The highest BCUT2D eigenvalue weighted by atomic mass is 79.9. The van der Waals surface area contributed by atoms with Crippen molar-refractivity contribution in [1.29, 1.82) is 0 Å². The molecule has 1 aliphatic rings. The molecular weight excluding hydrogens is 306 g/mol. The predicted molar refractivity (Wildman–Crippen MR) is 80.8 cm³/mol. The van der Waals surface area contributed by atoms with E-state index in [0.29, 0.717) is 6.61 Å². The molecule has 0 spiro atoms. The van der Waals surface area contributed by atoms with Gasteiger partial charge in [-0.15, -0.1) is 0 Å². The lowest BCUT2D eigenvalue weighted by Gasteiger charge is -2.36. The number of nitrogens with two attached hydrogens (primary N) is 1. The lowest BCUT2D eigenvalue weighted by molar-refractivity contribution is 0.265. The van der Waals surface area contributed by atoms with Crippen LogP contribution in [-0.2, 0) is 5.54 Å². The summed E-state index contributed by atoms with van der Waals surface area (Å²) in [6, 6.07) is 3.92. The van der Waals surface area contributed by atoms with Gasteiger partial charge in [0.1, 0.15) is 0 Å². The van der Waals surface area contributed by atoms with Crippen molar-refractivity contribution in [2.24, 2.45) is 5.73 Å². The maximum atomic E-state index is 6.67. The molecule has 3 nitrogen and oxygen atoms in total. The molecule has 0 bridgehead atoms. The second-order valence-electron chi connectivity index (χ2n) is 5.10. The van der Waals surface area contributed by atoms with Gasteiger partial charge in [0.15, 0.2) is 11.5 Å². The van der Waals surface area contributed by atoms with Gasteiger partial charge in [-0.3, -0.25) is 0 Å². The van der Waals surface area contributed by atoms with Gasteiger partial charge < -0.3 is 15.2 Å². The van der Waals surface area contributed by atoms with Crippen molar-refractivity contribution in [3.05, 3.63) is 22.2 Å². The second kappa shape index (κ2) is 6.14. The number of hydrogen-bond donors (Lipinski definition) is 1. The number of benzene rings is 1. The first-order chi connectivity index (χ1) is 9.12. The largest absolute Gasteiger partial charge is 0.493 e. The van der Waals surface area contributed by atoms with E-state index >= 15 is 0 Å². The Bertz CT molecular complexity index is 442. The molecule has 0 unspecified atom stereocenters. The smallest absolute Gasteiger partial charge is 0.167 e. The fraction of sp³-hybridized carbons (Fsp3) is 0.600. The quantitative estimate of drug-likeness (QED) is 0.909. The molecule has 1 aliphatic carbocycles. The van der Waals surface area contributed by atoms with Crippen LogP contribution in [0.4, 0.5) is 0 Å². The van der Waals surface area contributed by atoms with E-state index in [9.17, 15) is 0 Å². The molecule has 1 aromatic carbocycles. The Morgan fingerprint density at radius 1 is 1.26 bits per heavy atom. The molecule has 0 saturated heterocycles. The zero-order valence-corrected chi connectivity index (χ0v) is 13.3. The first-order valence-corrected chi connectivity index (χ1v) is 7.70. The van der Waals surface area contributed by atoms with Crippen molar-refractivity contribution >= 4 is 15.9 Å². The van der Waals surface area contributed by atoms with Crippen LogP contribution in [0.1, 0.15) is 44.6 Å². The molecule has 1 aromatic rings. The van der Waals surface area contributed by atoms with Crippen LogP contribution in [0, 0.1) is 0 Å². The SMILES string of the molecule is CCOc1c(OC)ccc(Br)c1C1(N)CCCCC1. The first kappa shape index (κ1) is 14.7. The molecule has 0 aliphatic heterocycles. The highest BCUT2D eigenvalue weighted by Crippen LogP contribution is 2.46. The monoisotopic (exact) mass is 327 g/mol. The summed E-state index contributed by atoms with van der Waals surface area (Å²) in [6.45, 7) is 2.59. The Kier molecular flexibility index (Phi) is 4.74.